The number of para-hydroxylation sites is 1. The lowest BCUT2D eigenvalue weighted by atomic mass is 10.1. The lowest BCUT2D eigenvalue weighted by Gasteiger charge is -2.11. The van der Waals surface area contributed by atoms with Crippen molar-refractivity contribution in [1.82, 2.24) is 20.1 Å². The standard InChI is InChI=1S/C18H14ClF2N5O2/c19-11-2-1-3-12(20)16(11)24-18(28)10-6-13(21)9(7-14(10)27)17-23-15-8-22-4-5-26(15)25-17/h1-3,6-7,22,27H,4-5,8H2,(H,24,28). The second-order valence-electron chi connectivity index (χ2n) is 6.15. The van der Waals surface area contributed by atoms with E-state index in [-0.39, 0.29) is 27.7 Å². The molecular weight excluding hydrogens is 392 g/mol. The molecule has 0 aliphatic carbocycles. The molecular formula is C18H14ClF2N5O2. The van der Waals surface area contributed by atoms with Crippen molar-refractivity contribution in [3.05, 3.63) is 58.4 Å². The van der Waals surface area contributed by atoms with Gasteiger partial charge in [0.25, 0.3) is 5.91 Å². The number of hydrogen-bond donors (Lipinski definition) is 3. The van der Waals surface area contributed by atoms with Crippen LogP contribution in [0.25, 0.3) is 11.4 Å². The number of amides is 1. The minimum Gasteiger partial charge on any atom is -0.507 e. The summed E-state index contributed by atoms with van der Waals surface area (Å²) in [6, 6.07) is 5.82. The Balaban J connectivity index is 1.66. The van der Waals surface area contributed by atoms with Gasteiger partial charge >= 0.3 is 0 Å². The second kappa shape index (κ2) is 7.17. The fraction of sp³-hybridized carbons (Fsp3) is 0.167. The number of fused-ring (bicyclic) bond motifs is 1. The zero-order chi connectivity index (χ0) is 19.8. The summed E-state index contributed by atoms with van der Waals surface area (Å²) < 4.78 is 30.1. The van der Waals surface area contributed by atoms with E-state index < -0.39 is 23.3 Å². The van der Waals surface area contributed by atoms with Crippen molar-refractivity contribution in [1.29, 1.82) is 0 Å². The van der Waals surface area contributed by atoms with Crippen LogP contribution < -0.4 is 10.6 Å². The van der Waals surface area contributed by atoms with Gasteiger partial charge in [0.2, 0.25) is 0 Å². The van der Waals surface area contributed by atoms with E-state index in [1.807, 2.05) is 0 Å². The van der Waals surface area contributed by atoms with E-state index in [1.165, 1.54) is 12.1 Å². The van der Waals surface area contributed by atoms with Crippen LogP contribution in [0.3, 0.4) is 0 Å². The topological polar surface area (TPSA) is 92.1 Å². The van der Waals surface area contributed by atoms with E-state index in [2.05, 4.69) is 20.7 Å². The Hall–Kier alpha value is -3.04. The third-order valence-corrected chi connectivity index (χ3v) is 4.62. The molecule has 144 valence electrons. The SMILES string of the molecule is O=C(Nc1c(F)cccc1Cl)c1cc(F)c(-c2nc3n(n2)CCNC3)cc1O. The fourth-order valence-corrected chi connectivity index (χ4v) is 3.11. The highest BCUT2D eigenvalue weighted by Crippen LogP contribution is 2.30. The Bertz CT molecular complexity index is 1040. The average molecular weight is 406 g/mol. The first-order valence-corrected chi connectivity index (χ1v) is 8.74. The molecule has 1 aromatic heterocycles. The minimum absolute atomic E-state index is 0.0219. The molecule has 2 aromatic carbocycles. The van der Waals surface area contributed by atoms with Crippen molar-refractivity contribution in [3.63, 3.8) is 0 Å². The summed E-state index contributed by atoms with van der Waals surface area (Å²) in [5.41, 5.74) is -0.667. The number of aromatic hydroxyl groups is 1. The lowest BCUT2D eigenvalue weighted by Crippen LogP contribution is -2.28. The molecule has 1 aliphatic rings. The number of phenolic OH excluding ortho intramolecular Hbond substituents is 1. The van der Waals surface area contributed by atoms with E-state index in [9.17, 15) is 18.7 Å². The maximum absolute atomic E-state index is 14.6. The predicted molar refractivity (Wildman–Crippen MR) is 98.2 cm³/mol. The van der Waals surface area contributed by atoms with Crippen LogP contribution in [0.2, 0.25) is 5.02 Å². The number of aromatic nitrogens is 3. The van der Waals surface area contributed by atoms with Crippen molar-refractivity contribution in [3.8, 4) is 17.1 Å². The third-order valence-electron chi connectivity index (χ3n) is 4.30. The molecule has 1 aliphatic heterocycles. The van der Waals surface area contributed by atoms with Crippen molar-refractivity contribution in [2.24, 2.45) is 0 Å². The molecule has 0 spiro atoms. The quantitative estimate of drug-likeness (QED) is 0.623. The van der Waals surface area contributed by atoms with Gasteiger partial charge in [-0.25, -0.2) is 18.4 Å². The first-order valence-electron chi connectivity index (χ1n) is 8.36. The summed E-state index contributed by atoms with van der Waals surface area (Å²) in [4.78, 5) is 16.7. The summed E-state index contributed by atoms with van der Waals surface area (Å²) in [6.07, 6.45) is 0. The van der Waals surface area contributed by atoms with Crippen LogP contribution in [-0.4, -0.2) is 32.3 Å². The van der Waals surface area contributed by atoms with E-state index in [0.717, 1.165) is 24.7 Å². The summed E-state index contributed by atoms with van der Waals surface area (Å²) in [6.45, 7) is 1.82. The monoisotopic (exact) mass is 405 g/mol. The zero-order valence-corrected chi connectivity index (χ0v) is 15.1. The number of nitrogens with zero attached hydrogens (tertiary/aromatic N) is 3. The average Bonchev–Trinajstić information content (AvgIpc) is 3.10. The number of phenols is 1. The summed E-state index contributed by atoms with van der Waals surface area (Å²) in [5, 5.41) is 19.8. The molecule has 0 saturated heterocycles. The number of nitrogens with one attached hydrogen (secondary N) is 2. The molecule has 4 rings (SSSR count). The van der Waals surface area contributed by atoms with Gasteiger partial charge in [0.05, 0.1) is 34.9 Å². The van der Waals surface area contributed by atoms with Crippen LogP contribution in [-0.2, 0) is 13.1 Å². The van der Waals surface area contributed by atoms with Crippen LogP contribution in [0.15, 0.2) is 30.3 Å². The smallest absolute Gasteiger partial charge is 0.259 e. The van der Waals surface area contributed by atoms with Gasteiger partial charge in [0.15, 0.2) is 5.82 Å². The number of carbonyl (C=O) groups is 1. The Morgan fingerprint density at radius 2 is 2.11 bits per heavy atom. The van der Waals surface area contributed by atoms with Gasteiger partial charge in [-0.2, -0.15) is 5.10 Å². The van der Waals surface area contributed by atoms with Crippen LogP contribution in [0.1, 0.15) is 16.2 Å². The molecule has 7 nitrogen and oxygen atoms in total. The lowest BCUT2D eigenvalue weighted by molar-refractivity contribution is 0.102. The number of halogens is 3. The summed E-state index contributed by atoms with van der Waals surface area (Å²) >= 11 is 5.87. The van der Waals surface area contributed by atoms with Gasteiger partial charge in [-0.3, -0.25) is 4.79 Å². The van der Waals surface area contributed by atoms with Crippen LogP contribution >= 0.6 is 11.6 Å². The van der Waals surface area contributed by atoms with Crippen molar-refractivity contribution in [2.45, 2.75) is 13.1 Å². The molecule has 0 fully saturated rings. The fourth-order valence-electron chi connectivity index (χ4n) is 2.90. The molecule has 0 atom stereocenters. The molecule has 1 amide bonds. The van der Waals surface area contributed by atoms with Crippen molar-refractivity contribution < 1.29 is 18.7 Å². The van der Waals surface area contributed by atoms with Gasteiger partial charge in [0, 0.05) is 6.54 Å². The normalized spacial score (nSPS) is 13.2. The predicted octanol–water partition coefficient (Wildman–Crippen LogP) is 2.94. The van der Waals surface area contributed by atoms with Gasteiger partial charge in [-0.05, 0) is 24.3 Å². The molecule has 0 bridgehead atoms. The van der Waals surface area contributed by atoms with Crippen LogP contribution in [0.5, 0.6) is 5.75 Å². The number of rotatable bonds is 3. The van der Waals surface area contributed by atoms with E-state index >= 15 is 0 Å². The molecule has 2 heterocycles. The van der Waals surface area contributed by atoms with Gasteiger partial charge in [-0.15, -0.1) is 0 Å². The Kier molecular flexibility index (Phi) is 4.70. The maximum Gasteiger partial charge on any atom is 0.259 e. The van der Waals surface area contributed by atoms with Gasteiger partial charge in [-0.1, -0.05) is 17.7 Å². The first kappa shape index (κ1) is 18.3. The van der Waals surface area contributed by atoms with E-state index in [1.54, 1.807) is 4.68 Å². The largest absolute Gasteiger partial charge is 0.507 e. The Morgan fingerprint density at radius 3 is 2.86 bits per heavy atom. The summed E-state index contributed by atoms with van der Waals surface area (Å²) in [5.74, 6) is -2.19. The van der Waals surface area contributed by atoms with Gasteiger partial charge in [0.1, 0.15) is 23.2 Å². The highest BCUT2D eigenvalue weighted by Gasteiger charge is 2.22. The molecule has 10 heteroatoms. The van der Waals surface area contributed by atoms with E-state index in [0.29, 0.717) is 18.9 Å². The van der Waals surface area contributed by atoms with Crippen LogP contribution in [0, 0.1) is 11.6 Å². The minimum atomic E-state index is -0.906. The maximum atomic E-state index is 14.6. The van der Waals surface area contributed by atoms with Crippen molar-refractivity contribution >= 4 is 23.2 Å². The molecule has 0 saturated carbocycles. The van der Waals surface area contributed by atoms with Crippen LogP contribution in [0.4, 0.5) is 14.5 Å². The molecule has 0 radical (unpaired) electrons. The molecule has 28 heavy (non-hydrogen) atoms. The van der Waals surface area contributed by atoms with E-state index in [4.69, 9.17) is 11.6 Å². The molecule has 3 aromatic rings. The molecule has 3 N–H and O–H groups in total. The number of hydrogen-bond acceptors (Lipinski definition) is 5. The zero-order valence-electron chi connectivity index (χ0n) is 14.3. The van der Waals surface area contributed by atoms with Crippen molar-refractivity contribution in [2.75, 3.05) is 11.9 Å². The summed E-state index contributed by atoms with van der Waals surface area (Å²) in [7, 11) is 0. The second-order valence-corrected chi connectivity index (χ2v) is 6.56. The number of anilines is 1. The highest BCUT2D eigenvalue weighted by molar-refractivity contribution is 6.34. The van der Waals surface area contributed by atoms with Gasteiger partial charge < -0.3 is 15.7 Å². The molecule has 0 unspecified atom stereocenters. The Morgan fingerprint density at radius 1 is 1.29 bits per heavy atom. The first-order chi connectivity index (χ1) is 13.4. The third kappa shape index (κ3) is 3.30. The highest BCUT2D eigenvalue weighted by atomic mass is 35.5. The number of carbonyl (C=O) groups excluding carboxylic acids is 1. The Labute approximate surface area is 163 Å². The number of benzene rings is 2.